The fourth-order valence-electron chi connectivity index (χ4n) is 1.28. The maximum Gasteiger partial charge on any atom is 0.228 e. The molecule has 2 aromatic rings. The molecule has 14 heavy (non-hydrogen) atoms. The average molecular weight is 186 g/mol. The first-order valence-electron chi connectivity index (χ1n) is 4.42. The van der Waals surface area contributed by atoms with Gasteiger partial charge in [0.05, 0.1) is 6.26 Å². The Kier molecular flexibility index (Phi) is 2.19. The summed E-state index contributed by atoms with van der Waals surface area (Å²) in [4.78, 5) is 11.8. The van der Waals surface area contributed by atoms with E-state index in [0.717, 1.165) is 5.56 Å². The maximum atomic E-state index is 11.8. The van der Waals surface area contributed by atoms with Gasteiger partial charge in [0.25, 0.3) is 0 Å². The highest BCUT2D eigenvalue weighted by Gasteiger charge is 2.11. The van der Waals surface area contributed by atoms with Gasteiger partial charge in [-0.25, -0.2) is 0 Å². The molecule has 2 rings (SSSR count). The second-order valence-corrected chi connectivity index (χ2v) is 3.18. The first-order valence-corrected chi connectivity index (χ1v) is 4.42. The van der Waals surface area contributed by atoms with Gasteiger partial charge >= 0.3 is 0 Å². The van der Waals surface area contributed by atoms with Gasteiger partial charge in [-0.05, 0) is 18.6 Å². The molecule has 0 aliphatic carbocycles. The summed E-state index contributed by atoms with van der Waals surface area (Å²) in [7, 11) is 0. The highest BCUT2D eigenvalue weighted by molar-refractivity contribution is 6.07. The molecule has 0 bridgehead atoms. The molecule has 0 unspecified atom stereocenters. The van der Waals surface area contributed by atoms with Crippen molar-refractivity contribution in [2.24, 2.45) is 0 Å². The molecule has 2 nitrogen and oxygen atoms in total. The molecule has 0 saturated carbocycles. The zero-order chi connectivity index (χ0) is 9.97. The second-order valence-electron chi connectivity index (χ2n) is 3.18. The molecule has 1 heterocycles. The van der Waals surface area contributed by atoms with Crippen LogP contribution in [0.1, 0.15) is 21.7 Å². The lowest BCUT2D eigenvalue weighted by atomic mass is 10.1. The molecular formula is C12H10O2. The van der Waals surface area contributed by atoms with Crippen molar-refractivity contribution in [2.45, 2.75) is 6.92 Å². The Labute approximate surface area is 82.2 Å². The van der Waals surface area contributed by atoms with Crippen LogP contribution in [0.5, 0.6) is 0 Å². The van der Waals surface area contributed by atoms with E-state index in [0.29, 0.717) is 11.3 Å². The summed E-state index contributed by atoms with van der Waals surface area (Å²) in [5.41, 5.74) is 1.62. The summed E-state index contributed by atoms with van der Waals surface area (Å²) in [5.74, 6) is 0.326. The minimum absolute atomic E-state index is 0.0706. The number of hydrogen-bond acceptors (Lipinski definition) is 2. The fraction of sp³-hybridized carbons (Fsp3) is 0.0833. The average Bonchev–Trinajstić information content (AvgIpc) is 2.65. The van der Waals surface area contributed by atoms with Gasteiger partial charge in [-0.15, -0.1) is 0 Å². The van der Waals surface area contributed by atoms with Gasteiger partial charge in [-0.3, -0.25) is 4.79 Å². The van der Waals surface area contributed by atoms with E-state index in [2.05, 4.69) is 0 Å². The first kappa shape index (κ1) is 8.75. The Bertz CT molecular complexity index is 440. The predicted molar refractivity (Wildman–Crippen MR) is 53.3 cm³/mol. The number of aryl methyl sites for hydroxylation is 1. The number of hydrogen-bond donors (Lipinski definition) is 0. The minimum Gasteiger partial charge on any atom is -0.461 e. The summed E-state index contributed by atoms with van der Waals surface area (Å²) >= 11 is 0. The van der Waals surface area contributed by atoms with Gasteiger partial charge < -0.3 is 4.42 Å². The van der Waals surface area contributed by atoms with Gasteiger partial charge in [0.1, 0.15) is 0 Å². The third kappa shape index (κ3) is 1.59. The van der Waals surface area contributed by atoms with Crippen molar-refractivity contribution < 1.29 is 9.21 Å². The third-order valence-electron chi connectivity index (χ3n) is 1.99. The largest absolute Gasteiger partial charge is 0.461 e. The quantitative estimate of drug-likeness (QED) is 0.675. The highest BCUT2D eigenvalue weighted by Crippen LogP contribution is 2.12. The lowest BCUT2D eigenvalue weighted by Crippen LogP contribution is -1.98. The van der Waals surface area contributed by atoms with Crippen LogP contribution < -0.4 is 0 Å². The molecule has 0 radical (unpaired) electrons. The fourth-order valence-corrected chi connectivity index (χ4v) is 1.28. The zero-order valence-electron chi connectivity index (χ0n) is 7.86. The van der Waals surface area contributed by atoms with Gasteiger partial charge in [0, 0.05) is 5.56 Å². The second kappa shape index (κ2) is 3.50. The van der Waals surface area contributed by atoms with Crippen molar-refractivity contribution in [3.63, 3.8) is 0 Å². The van der Waals surface area contributed by atoms with Crippen LogP contribution in [0.2, 0.25) is 0 Å². The van der Waals surface area contributed by atoms with Crippen molar-refractivity contribution in [1.29, 1.82) is 0 Å². The van der Waals surface area contributed by atoms with Gasteiger partial charge in [0.15, 0.2) is 5.76 Å². The first-order chi connectivity index (χ1) is 6.77. The Morgan fingerprint density at radius 2 is 1.93 bits per heavy atom. The Morgan fingerprint density at radius 1 is 1.21 bits per heavy atom. The van der Waals surface area contributed by atoms with Crippen molar-refractivity contribution in [2.75, 3.05) is 0 Å². The van der Waals surface area contributed by atoms with Gasteiger partial charge in [0.2, 0.25) is 5.78 Å². The SMILES string of the molecule is Cc1coc(C(=O)c2ccccc2)c1. The van der Waals surface area contributed by atoms with Crippen LogP contribution in [-0.4, -0.2) is 5.78 Å². The van der Waals surface area contributed by atoms with E-state index in [1.807, 2.05) is 25.1 Å². The monoisotopic (exact) mass is 186 g/mol. The van der Waals surface area contributed by atoms with Crippen LogP contribution in [0.3, 0.4) is 0 Å². The van der Waals surface area contributed by atoms with E-state index < -0.39 is 0 Å². The number of carbonyl (C=O) groups is 1. The Hall–Kier alpha value is -1.83. The number of rotatable bonds is 2. The maximum absolute atomic E-state index is 11.8. The summed E-state index contributed by atoms with van der Waals surface area (Å²) in [5, 5.41) is 0. The molecule has 0 spiro atoms. The molecule has 0 N–H and O–H groups in total. The van der Waals surface area contributed by atoms with E-state index in [1.165, 1.54) is 0 Å². The molecule has 0 atom stereocenters. The molecule has 0 fully saturated rings. The van der Waals surface area contributed by atoms with E-state index in [4.69, 9.17) is 4.42 Å². The summed E-state index contributed by atoms with van der Waals surface area (Å²) in [6.45, 7) is 1.89. The van der Waals surface area contributed by atoms with Crippen LogP contribution in [0.25, 0.3) is 0 Å². The van der Waals surface area contributed by atoms with E-state index >= 15 is 0 Å². The van der Waals surface area contributed by atoms with Crippen molar-refractivity contribution in [3.8, 4) is 0 Å². The third-order valence-corrected chi connectivity index (χ3v) is 1.99. The van der Waals surface area contributed by atoms with E-state index in [1.54, 1.807) is 24.5 Å². The minimum atomic E-state index is -0.0706. The predicted octanol–water partition coefficient (Wildman–Crippen LogP) is 2.82. The molecule has 0 aliphatic heterocycles. The number of benzene rings is 1. The Balaban J connectivity index is 2.34. The highest BCUT2D eigenvalue weighted by atomic mass is 16.3. The molecule has 0 amide bonds. The van der Waals surface area contributed by atoms with Gasteiger partial charge in [-0.2, -0.15) is 0 Å². The van der Waals surface area contributed by atoms with Crippen molar-refractivity contribution in [3.05, 3.63) is 59.5 Å². The van der Waals surface area contributed by atoms with Crippen molar-refractivity contribution in [1.82, 2.24) is 0 Å². The molecule has 1 aromatic heterocycles. The van der Waals surface area contributed by atoms with Crippen LogP contribution >= 0.6 is 0 Å². The lowest BCUT2D eigenvalue weighted by molar-refractivity contribution is 0.101. The summed E-state index contributed by atoms with van der Waals surface area (Å²) < 4.78 is 5.13. The number of carbonyl (C=O) groups excluding carboxylic acids is 1. The number of ketones is 1. The van der Waals surface area contributed by atoms with E-state index in [9.17, 15) is 4.79 Å². The molecule has 0 saturated heterocycles. The molecule has 1 aromatic carbocycles. The number of furan rings is 1. The van der Waals surface area contributed by atoms with Crippen LogP contribution in [0.4, 0.5) is 0 Å². The standard InChI is InChI=1S/C12H10O2/c1-9-7-11(14-8-9)12(13)10-5-3-2-4-6-10/h2-8H,1H3. The molecule has 70 valence electrons. The van der Waals surface area contributed by atoms with E-state index in [-0.39, 0.29) is 5.78 Å². The Morgan fingerprint density at radius 3 is 2.50 bits per heavy atom. The molecule has 0 aliphatic rings. The molecule has 2 heteroatoms. The summed E-state index contributed by atoms with van der Waals surface area (Å²) in [6, 6.07) is 10.9. The van der Waals surface area contributed by atoms with Crippen molar-refractivity contribution >= 4 is 5.78 Å². The lowest BCUT2D eigenvalue weighted by Gasteiger charge is -1.95. The van der Waals surface area contributed by atoms with Crippen LogP contribution in [-0.2, 0) is 0 Å². The molecular weight excluding hydrogens is 176 g/mol. The zero-order valence-corrected chi connectivity index (χ0v) is 7.86. The van der Waals surface area contributed by atoms with Crippen LogP contribution in [0.15, 0.2) is 47.1 Å². The topological polar surface area (TPSA) is 30.2 Å². The van der Waals surface area contributed by atoms with Crippen LogP contribution in [0, 0.1) is 6.92 Å². The summed E-state index contributed by atoms with van der Waals surface area (Å²) in [6.07, 6.45) is 1.58. The normalized spacial score (nSPS) is 10.1. The van der Waals surface area contributed by atoms with Gasteiger partial charge in [-0.1, -0.05) is 30.3 Å². The smallest absolute Gasteiger partial charge is 0.228 e.